The van der Waals surface area contributed by atoms with Crippen LogP contribution in [-0.4, -0.2) is 18.4 Å². The van der Waals surface area contributed by atoms with Crippen LogP contribution in [0, 0.1) is 6.92 Å². The Kier molecular flexibility index (Phi) is 3.57. The molecule has 0 saturated heterocycles. The van der Waals surface area contributed by atoms with E-state index in [0.29, 0.717) is 11.1 Å². The van der Waals surface area contributed by atoms with Crippen LogP contribution < -0.4 is 5.73 Å². The van der Waals surface area contributed by atoms with Crippen molar-refractivity contribution in [1.82, 2.24) is 0 Å². The Morgan fingerprint density at radius 1 is 1.12 bits per heavy atom. The molecule has 0 saturated carbocycles. The van der Waals surface area contributed by atoms with Crippen LogP contribution in [-0.2, 0) is 6.42 Å². The van der Waals surface area contributed by atoms with E-state index in [2.05, 4.69) is 0 Å². The predicted octanol–water partition coefficient (Wildman–Crippen LogP) is 2.77. The van der Waals surface area contributed by atoms with E-state index in [1.165, 1.54) is 6.07 Å². The summed E-state index contributed by atoms with van der Waals surface area (Å²) in [5, 5.41) is 0. The first-order valence-electron chi connectivity index (χ1n) is 4.80. The topological polar surface area (TPSA) is 26.0 Å². The fourth-order valence-corrected chi connectivity index (χ4v) is 1.40. The third kappa shape index (κ3) is 2.52. The molecule has 16 heavy (non-hydrogen) atoms. The number of nitrogens with two attached hydrogens (primary N) is 1. The quantitative estimate of drug-likeness (QED) is 0.801. The highest BCUT2D eigenvalue weighted by molar-refractivity contribution is 5.27. The van der Waals surface area contributed by atoms with Crippen molar-refractivity contribution in [3.8, 4) is 0 Å². The summed E-state index contributed by atoms with van der Waals surface area (Å²) in [5.41, 5.74) is 2.50. The lowest BCUT2D eigenvalue weighted by Crippen LogP contribution is -2.49. The molecular formula is C11H13F4N. The van der Waals surface area contributed by atoms with Gasteiger partial charge in [-0.05, 0) is 18.1 Å². The standard InChI is InChI=1S/C11H13F4N/c1-8-4-2-3-5-9(8)6-10(12,7-16)11(13,14)15/h2-5H,6-7,16H2,1H3. The van der Waals surface area contributed by atoms with Crippen molar-refractivity contribution >= 4 is 0 Å². The summed E-state index contributed by atoms with van der Waals surface area (Å²) in [7, 11) is 0. The predicted molar refractivity (Wildman–Crippen MR) is 53.8 cm³/mol. The average molecular weight is 235 g/mol. The molecule has 1 unspecified atom stereocenters. The Morgan fingerprint density at radius 2 is 1.69 bits per heavy atom. The molecule has 1 rings (SSSR count). The van der Waals surface area contributed by atoms with E-state index in [0.717, 1.165) is 0 Å². The lowest BCUT2D eigenvalue weighted by atomic mass is 9.93. The van der Waals surface area contributed by atoms with Gasteiger partial charge in [0.2, 0.25) is 5.67 Å². The number of benzene rings is 1. The summed E-state index contributed by atoms with van der Waals surface area (Å²) in [4.78, 5) is 0. The second kappa shape index (κ2) is 4.41. The van der Waals surface area contributed by atoms with E-state index in [4.69, 9.17) is 5.73 Å². The third-order valence-electron chi connectivity index (χ3n) is 2.56. The van der Waals surface area contributed by atoms with E-state index in [1.54, 1.807) is 25.1 Å². The van der Waals surface area contributed by atoms with Crippen LogP contribution in [0.2, 0.25) is 0 Å². The smallest absolute Gasteiger partial charge is 0.327 e. The Hall–Kier alpha value is -1.10. The summed E-state index contributed by atoms with van der Waals surface area (Å²) in [6, 6.07) is 6.39. The summed E-state index contributed by atoms with van der Waals surface area (Å²) >= 11 is 0. The monoisotopic (exact) mass is 235 g/mol. The zero-order valence-corrected chi connectivity index (χ0v) is 8.81. The van der Waals surface area contributed by atoms with Crippen molar-refractivity contribution in [3.63, 3.8) is 0 Å². The van der Waals surface area contributed by atoms with Crippen LogP contribution in [0.25, 0.3) is 0 Å². The first kappa shape index (κ1) is 13.0. The molecule has 0 aliphatic rings. The van der Waals surface area contributed by atoms with Gasteiger partial charge in [-0.3, -0.25) is 0 Å². The number of alkyl halides is 4. The molecule has 0 fully saturated rings. The molecule has 1 nitrogen and oxygen atoms in total. The van der Waals surface area contributed by atoms with Crippen LogP contribution in [0.1, 0.15) is 11.1 Å². The highest BCUT2D eigenvalue weighted by Crippen LogP contribution is 2.36. The summed E-state index contributed by atoms with van der Waals surface area (Å²) < 4.78 is 51.0. The van der Waals surface area contributed by atoms with Gasteiger partial charge >= 0.3 is 6.18 Å². The van der Waals surface area contributed by atoms with Gasteiger partial charge in [-0.2, -0.15) is 13.2 Å². The molecule has 0 bridgehead atoms. The number of hydrogen-bond donors (Lipinski definition) is 1. The van der Waals surface area contributed by atoms with Crippen molar-refractivity contribution < 1.29 is 17.6 Å². The first-order valence-corrected chi connectivity index (χ1v) is 4.80. The minimum absolute atomic E-state index is 0.327. The van der Waals surface area contributed by atoms with Crippen molar-refractivity contribution in [2.45, 2.75) is 25.2 Å². The van der Waals surface area contributed by atoms with Gasteiger partial charge in [-0.15, -0.1) is 0 Å². The van der Waals surface area contributed by atoms with Gasteiger partial charge in [-0.25, -0.2) is 4.39 Å². The Morgan fingerprint density at radius 3 is 2.12 bits per heavy atom. The molecule has 90 valence electrons. The molecule has 1 atom stereocenters. The van der Waals surface area contributed by atoms with E-state index < -0.39 is 24.8 Å². The maximum atomic E-state index is 13.6. The van der Waals surface area contributed by atoms with Crippen molar-refractivity contribution in [3.05, 3.63) is 35.4 Å². The molecule has 0 aromatic heterocycles. The maximum absolute atomic E-state index is 13.6. The Bertz CT molecular complexity index is 361. The molecular weight excluding hydrogens is 222 g/mol. The van der Waals surface area contributed by atoms with Gasteiger partial charge < -0.3 is 5.73 Å². The van der Waals surface area contributed by atoms with Crippen LogP contribution in [0.15, 0.2) is 24.3 Å². The fraction of sp³-hybridized carbons (Fsp3) is 0.455. The molecule has 5 heteroatoms. The summed E-state index contributed by atoms with van der Waals surface area (Å²) in [6.07, 6.45) is -5.68. The van der Waals surface area contributed by atoms with Crippen molar-refractivity contribution in [2.24, 2.45) is 5.73 Å². The number of halogens is 4. The Labute approximate surface area is 91.3 Å². The first-order chi connectivity index (χ1) is 7.30. The second-order valence-corrected chi connectivity index (χ2v) is 3.77. The van der Waals surface area contributed by atoms with Crippen molar-refractivity contribution in [1.29, 1.82) is 0 Å². The summed E-state index contributed by atoms with van der Waals surface area (Å²) in [5.74, 6) is 0. The van der Waals surface area contributed by atoms with Crippen LogP contribution in [0.3, 0.4) is 0 Å². The highest BCUT2D eigenvalue weighted by Gasteiger charge is 2.54. The van der Waals surface area contributed by atoms with Gasteiger partial charge in [0.05, 0.1) is 0 Å². The molecule has 0 radical (unpaired) electrons. The normalized spacial score (nSPS) is 15.9. The molecule has 2 N–H and O–H groups in total. The van der Waals surface area contributed by atoms with Crippen molar-refractivity contribution in [2.75, 3.05) is 6.54 Å². The molecule has 1 aromatic rings. The van der Waals surface area contributed by atoms with Gasteiger partial charge in [0, 0.05) is 13.0 Å². The van der Waals surface area contributed by atoms with Gasteiger partial charge in [-0.1, -0.05) is 24.3 Å². The van der Waals surface area contributed by atoms with Gasteiger partial charge in [0.15, 0.2) is 0 Å². The number of hydrogen-bond acceptors (Lipinski definition) is 1. The number of rotatable bonds is 3. The van der Waals surface area contributed by atoms with Crippen LogP contribution >= 0.6 is 0 Å². The van der Waals surface area contributed by atoms with Gasteiger partial charge in [0.25, 0.3) is 0 Å². The van der Waals surface area contributed by atoms with Gasteiger partial charge in [0.1, 0.15) is 0 Å². The SMILES string of the molecule is Cc1ccccc1CC(F)(CN)C(F)(F)F. The zero-order chi connectivity index (χ0) is 12.4. The van der Waals surface area contributed by atoms with Crippen LogP contribution in [0.5, 0.6) is 0 Å². The zero-order valence-electron chi connectivity index (χ0n) is 8.81. The van der Waals surface area contributed by atoms with E-state index >= 15 is 0 Å². The molecule has 1 aromatic carbocycles. The molecule has 0 amide bonds. The molecule has 0 heterocycles. The molecule has 0 aliphatic carbocycles. The second-order valence-electron chi connectivity index (χ2n) is 3.77. The third-order valence-corrected chi connectivity index (χ3v) is 2.56. The van der Waals surface area contributed by atoms with E-state index in [9.17, 15) is 17.6 Å². The molecule has 0 spiro atoms. The maximum Gasteiger partial charge on any atom is 0.424 e. The average Bonchev–Trinajstić information content (AvgIpc) is 2.19. The lowest BCUT2D eigenvalue weighted by Gasteiger charge is -2.27. The van der Waals surface area contributed by atoms with E-state index in [1.807, 2.05) is 0 Å². The summed E-state index contributed by atoms with van der Waals surface area (Å²) in [6.45, 7) is 0.577. The minimum atomic E-state index is -4.94. The lowest BCUT2D eigenvalue weighted by molar-refractivity contribution is -0.226. The number of aryl methyl sites for hydroxylation is 1. The highest BCUT2D eigenvalue weighted by atomic mass is 19.4. The van der Waals surface area contributed by atoms with Crippen LogP contribution in [0.4, 0.5) is 17.6 Å². The minimum Gasteiger partial charge on any atom is -0.327 e. The van der Waals surface area contributed by atoms with E-state index in [-0.39, 0.29) is 0 Å². The largest absolute Gasteiger partial charge is 0.424 e. The Balaban J connectivity index is 2.99. The fourth-order valence-electron chi connectivity index (χ4n) is 1.40. The molecule has 0 aliphatic heterocycles.